The molecule has 0 aliphatic carbocycles. The summed E-state index contributed by atoms with van der Waals surface area (Å²) in [7, 11) is 0. The number of morpholine rings is 1. The number of hydrogen-bond acceptors (Lipinski definition) is 3. The monoisotopic (exact) mass is 403 g/mol. The van der Waals surface area contributed by atoms with Crippen molar-refractivity contribution in [3.63, 3.8) is 0 Å². The first-order valence-electron chi connectivity index (χ1n) is 9.06. The van der Waals surface area contributed by atoms with Crippen LogP contribution in [0.3, 0.4) is 0 Å². The minimum Gasteiger partial charge on any atom is -0.494 e. The van der Waals surface area contributed by atoms with Crippen LogP contribution in [0.2, 0.25) is 0 Å². The lowest BCUT2D eigenvalue weighted by atomic mass is 10.1. The molecule has 0 unspecified atom stereocenters. The van der Waals surface area contributed by atoms with Gasteiger partial charge in [0.25, 0.3) is 0 Å². The topological polar surface area (TPSA) is 21.7 Å². The summed E-state index contributed by atoms with van der Waals surface area (Å²) in [5.41, 5.74) is 2.63. The number of ether oxygens (including phenoxy) is 2. The molecule has 134 valence electrons. The first-order chi connectivity index (χ1) is 12.3. The number of hydrogen-bond donors (Lipinski definition) is 0. The summed E-state index contributed by atoms with van der Waals surface area (Å²) < 4.78 is 12.4. The lowest BCUT2D eigenvalue weighted by molar-refractivity contribution is 0.0368. The van der Waals surface area contributed by atoms with E-state index >= 15 is 0 Å². The van der Waals surface area contributed by atoms with E-state index in [0.29, 0.717) is 0 Å². The van der Waals surface area contributed by atoms with Gasteiger partial charge in [0.15, 0.2) is 0 Å². The predicted octanol–water partition coefficient (Wildman–Crippen LogP) is 4.53. The predicted molar refractivity (Wildman–Crippen MR) is 105 cm³/mol. The van der Waals surface area contributed by atoms with Gasteiger partial charge in [-0.05, 0) is 61.2 Å². The smallest absolute Gasteiger partial charge is 0.119 e. The van der Waals surface area contributed by atoms with Crippen molar-refractivity contribution in [3.8, 4) is 5.75 Å². The third kappa shape index (κ3) is 6.46. The molecular formula is C21H26BrNO2. The van der Waals surface area contributed by atoms with Crippen LogP contribution in [0.1, 0.15) is 24.0 Å². The van der Waals surface area contributed by atoms with Crippen molar-refractivity contribution in [1.29, 1.82) is 0 Å². The van der Waals surface area contributed by atoms with Crippen LogP contribution in [0.15, 0.2) is 53.0 Å². The van der Waals surface area contributed by atoms with E-state index in [4.69, 9.17) is 9.47 Å². The van der Waals surface area contributed by atoms with Gasteiger partial charge in [-0.15, -0.1) is 0 Å². The molecule has 1 heterocycles. The molecule has 25 heavy (non-hydrogen) atoms. The van der Waals surface area contributed by atoms with Gasteiger partial charge < -0.3 is 9.47 Å². The quantitative estimate of drug-likeness (QED) is 0.604. The molecule has 1 aliphatic rings. The first kappa shape index (κ1) is 18.4. The van der Waals surface area contributed by atoms with Crippen molar-refractivity contribution >= 4 is 15.9 Å². The van der Waals surface area contributed by atoms with Gasteiger partial charge in [-0.25, -0.2) is 0 Å². The molecule has 4 heteroatoms. The lowest BCUT2D eigenvalue weighted by Crippen LogP contribution is -2.36. The Hall–Kier alpha value is -1.36. The molecule has 0 N–H and O–H groups in total. The van der Waals surface area contributed by atoms with Gasteiger partial charge in [0.05, 0.1) is 19.8 Å². The van der Waals surface area contributed by atoms with Gasteiger partial charge in [-0.3, -0.25) is 4.90 Å². The van der Waals surface area contributed by atoms with Crippen LogP contribution < -0.4 is 4.74 Å². The van der Waals surface area contributed by atoms with E-state index in [1.807, 2.05) is 0 Å². The van der Waals surface area contributed by atoms with Crippen LogP contribution in [0.25, 0.3) is 0 Å². The fraction of sp³-hybridized carbons (Fsp3) is 0.429. The normalized spacial score (nSPS) is 15.2. The molecule has 1 saturated heterocycles. The second kappa shape index (κ2) is 9.95. The van der Waals surface area contributed by atoms with Crippen molar-refractivity contribution in [2.45, 2.75) is 19.3 Å². The zero-order valence-electron chi connectivity index (χ0n) is 14.6. The maximum Gasteiger partial charge on any atom is 0.119 e. The van der Waals surface area contributed by atoms with Crippen LogP contribution >= 0.6 is 15.9 Å². The molecule has 1 aliphatic heterocycles. The maximum atomic E-state index is 5.87. The number of halogens is 1. The summed E-state index contributed by atoms with van der Waals surface area (Å²) in [6.45, 7) is 5.84. The van der Waals surface area contributed by atoms with E-state index in [1.54, 1.807) is 0 Å². The molecule has 3 rings (SSSR count). The highest BCUT2D eigenvalue weighted by molar-refractivity contribution is 9.10. The first-order valence-corrected chi connectivity index (χ1v) is 9.85. The van der Waals surface area contributed by atoms with Crippen molar-refractivity contribution in [2.75, 3.05) is 39.5 Å². The van der Waals surface area contributed by atoms with Gasteiger partial charge in [0.2, 0.25) is 0 Å². The summed E-state index contributed by atoms with van der Waals surface area (Å²) in [6.07, 6.45) is 3.23. The van der Waals surface area contributed by atoms with Crippen LogP contribution in [0.5, 0.6) is 5.75 Å². The van der Waals surface area contributed by atoms with Crippen molar-refractivity contribution in [1.82, 2.24) is 4.90 Å². The molecule has 2 aromatic rings. The van der Waals surface area contributed by atoms with Crippen LogP contribution in [0.4, 0.5) is 0 Å². The van der Waals surface area contributed by atoms with Crippen LogP contribution in [-0.2, 0) is 11.2 Å². The zero-order chi connectivity index (χ0) is 17.3. The van der Waals surface area contributed by atoms with E-state index in [1.165, 1.54) is 17.5 Å². The highest BCUT2D eigenvalue weighted by Crippen LogP contribution is 2.17. The Bertz CT molecular complexity index is 621. The Morgan fingerprint density at radius 2 is 1.52 bits per heavy atom. The van der Waals surface area contributed by atoms with Gasteiger partial charge in [0, 0.05) is 17.6 Å². The summed E-state index contributed by atoms with van der Waals surface area (Å²) in [6, 6.07) is 17.0. The van der Waals surface area contributed by atoms with E-state index in [0.717, 1.165) is 62.5 Å². The third-order valence-corrected chi connectivity index (χ3v) is 5.01. The Kier molecular flexibility index (Phi) is 7.34. The number of unbranched alkanes of at least 4 members (excludes halogenated alkanes) is 1. The standard InChI is InChI=1S/C21H26BrNO2/c22-20-7-3-18(4-8-20)17-19-5-9-21(10-6-19)25-14-2-1-11-23-12-15-24-16-13-23/h3-10H,1-2,11-17H2. The Labute approximate surface area is 159 Å². The fourth-order valence-electron chi connectivity index (χ4n) is 2.99. The SMILES string of the molecule is Brc1ccc(Cc2ccc(OCCCCN3CCOCC3)cc2)cc1. The molecule has 0 saturated carbocycles. The Balaban J connectivity index is 1.35. The van der Waals surface area contributed by atoms with Crippen LogP contribution in [0, 0.1) is 0 Å². The molecule has 1 fully saturated rings. The highest BCUT2D eigenvalue weighted by Gasteiger charge is 2.09. The van der Waals surface area contributed by atoms with Gasteiger partial charge in [0.1, 0.15) is 5.75 Å². The summed E-state index contributed by atoms with van der Waals surface area (Å²) in [5.74, 6) is 0.964. The van der Waals surface area contributed by atoms with Gasteiger partial charge in [-0.1, -0.05) is 40.2 Å². The van der Waals surface area contributed by atoms with E-state index < -0.39 is 0 Å². The summed E-state index contributed by atoms with van der Waals surface area (Å²) >= 11 is 3.47. The molecular weight excluding hydrogens is 378 g/mol. The van der Waals surface area contributed by atoms with E-state index in [9.17, 15) is 0 Å². The Morgan fingerprint density at radius 1 is 0.880 bits per heavy atom. The zero-order valence-corrected chi connectivity index (χ0v) is 16.2. The molecule has 0 bridgehead atoms. The summed E-state index contributed by atoms with van der Waals surface area (Å²) in [4.78, 5) is 2.47. The van der Waals surface area contributed by atoms with Crippen molar-refractivity contribution < 1.29 is 9.47 Å². The van der Waals surface area contributed by atoms with Crippen molar-refractivity contribution in [2.24, 2.45) is 0 Å². The highest BCUT2D eigenvalue weighted by atomic mass is 79.9. The molecule has 0 aromatic heterocycles. The van der Waals surface area contributed by atoms with Gasteiger partial charge in [-0.2, -0.15) is 0 Å². The molecule has 0 spiro atoms. The lowest BCUT2D eigenvalue weighted by Gasteiger charge is -2.26. The summed E-state index contributed by atoms with van der Waals surface area (Å²) in [5, 5.41) is 0. The van der Waals surface area contributed by atoms with E-state index in [2.05, 4.69) is 69.4 Å². The largest absolute Gasteiger partial charge is 0.494 e. The van der Waals surface area contributed by atoms with E-state index in [-0.39, 0.29) is 0 Å². The number of rotatable bonds is 8. The minimum atomic E-state index is 0.788. The number of nitrogens with zero attached hydrogens (tertiary/aromatic N) is 1. The molecule has 0 radical (unpaired) electrons. The average molecular weight is 404 g/mol. The van der Waals surface area contributed by atoms with Crippen molar-refractivity contribution in [3.05, 3.63) is 64.1 Å². The molecule has 0 atom stereocenters. The maximum absolute atomic E-state index is 5.87. The molecule has 3 nitrogen and oxygen atoms in total. The Morgan fingerprint density at radius 3 is 2.20 bits per heavy atom. The molecule has 2 aromatic carbocycles. The molecule has 0 amide bonds. The van der Waals surface area contributed by atoms with Crippen LogP contribution in [-0.4, -0.2) is 44.4 Å². The second-order valence-electron chi connectivity index (χ2n) is 6.46. The van der Waals surface area contributed by atoms with Gasteiger partial charge >= 0.3 is 0 Å². The third-order valence-electron chi connectivity index (χ3n) is 4.49. The average Bonchev–Trinajstić information content (AvgIpc) is 2.65. The fourth-order valence-corrected chi connectivity index (χ4v) is 3.26. The second-order valence-corrected chi connectivity index (χ2v) is 7.37. The minimum absolute atomic E-state index is 0.788. The number of benzene rings is 2.